The Morgan fingerprint density at radius 3 is 1.17 bits per heavy atom. The molecule has 0 aliphatic heterocycles. The molecular formula is C59H38N4. The lowest BCUT2D eigenvalue weighted by atomic mass is 9.90. The molecule has 0 atom stereocenters. The highest BCUT2D eigenvalue weighted by Crippen LogP contribution is 2.45. The Bertz CT molecular complexity index is 3310. The molecular weight excluding hydrogens is 765 g/mol. The fourth-order valence-electron chi connectivity index (χ4n) is 8.89. The Balaban J connectivity index is 1.27. The van der Waals surface area contributed by atoms with Crippen molar-refractivity contribution in [3.05, 3.63) is 236 Å². The standard InChI is InChI=1S/C59H38N4/c60-39-52-57(44-27-15-5-16-28-44)61-59(62-58(52)45-29-17-6-18-30-45)48-37-49(42-23-11-3-12-24-42)56(43-25-13-4-14-26-43)55(38-48)63-53-33-31-46(40-19-7-1-8-20-40)35-50(53)51-36-47(32-34-54(51)63)41-21-9-2-10-22-41/h1-38H. The second-order valence-electron chi connectivity index (χ2n) is 15.6. The van der Waals surface area contributed by atoms with Crippen LogP contribution in [0.25, 0.3) is 106 Å². The van der Waals surface area contributed by atoms with Gasteiger partial charge in [0.2, 0.25) is 0 Å². The molecule has 11 rings (SSSR count). The molecule has 4 nitrogen and oxygen atoms in total. The van der Waals surface area contributed by atoms with Gasteiger partial charge in [-0.25, -0.2) is 9.97 Å². The number of benzene rings is 9. The summed E-state index contributed by atoms with van der Waals surface area (Å²) in [5.41, 5.74) is 16.2. The summed E-state index contributed by atoms with van der Waals surface area (Å²) < 4.78 is 2.42. The highest BCUT2D eigenvalue weighted by Gasteiger charge is 2.24. The van der Waals surface area contributed by atoms with Crippen LogP contribution in [0.2, 0.25) is 0 Å². The smallest absolute Gasteiger partial charge is 0.160 e. The Morgan fingerprint density at radius 2 is 0.746 bits per heavy atom. The Morgan fingerprint density at radius 1 is 0.349 bits per heavy atom. The van der Waals surface area contributed by atoms with Crippen molar-refractivity contribution in [3.8, 4) is 90.2 Å². The third kappa shape index (κ3) is 6.85. The molecule has 63 heavy (non-hydrogen) atoms. The molecule has 2 heterocycles. The number of hydrogen-bond acceptors (Lipinski definition) is 3. The SMILES string of the molecule is N#Cc1c(-c2ccccc2)nc(-c2cc(-c3ccccc3)c(-c3ccccc3)c(-n3c4ccc(-c5ccccc5)cc4c4cc(-c5ccccc5)ccc43)c2)nc1-c1ccccc1. The van der Waals surface area contributed by atoms with Gasteiger partial charge in [0.25, 0.3) is 0 Å². The van der Waals surface area contributed by atoms with Gasteiger partial charge in [0, 0.05) is 33.0 Å². The molecule has 0 spiro atoms. The topological polar surface area (TPSA) is 54.5 Å². The molecule has 4 heteroatoms. The number of nitrogens with zero attached hydrogens (tertiary/aromatic N) is 4. The molecule has 0 fully saturated rings. The summed E-state index contributed by atoms with van der Waals surface area (Å²) in [6.45, 7) is 0. The van der Waals surface area contributed by atoms with Crippen LogP contribution in [0.4, 0.5) is 0 Å². The minimum Gasteiger partial charge on any atom is -0.309 e. The van der Waals surface area contributed by atoms with Gasteiger partial charge in [0.15, 0.2) is 5.82 Å². The van der Waals surface area contributed by atoms with Crippen LogP contribution >= 0.6 is 0 Å². The summed E-state index contributed by atoms with van der Waals surface area (Å²) in [4.78, 5) is 10.6. The molecule has 0 amide bonds. The lowest BCUT2D eigenvalue weighted by Crippen LogP contribution is -2.04. The van der Waals surface area contributed by atoms with Crippen LogP contribution in [0.15, 0.2) is 231 Å². The molecule has 0 bridgehead atoms. The molecule has 0 radical (unpaired) electrons. The minimum atomic E-state index is 0.436. The van der Waals surface area contributed by atoms with Crippen LogP contribution < -0.4 is 0 Å². The van der Waals surface area contributed by atoms with E-state index in [1.165, 1.54) is 11.1 Å². The largest absolute Gasteiger partial charge is 0.309 e. The zero-order valence-electron chi connectivity index (χ0n) is 34.2. The van der Waals surface area contributed by atoms with E-state index in [0.717, 1.165) is 77.6 Å². The summed E-state index contributed by atoms with van der Waals surface area (Å²) >= 11 is 0. The molecule has 0 N–H and O–H groups in total. The third-order valence-electron chi connectivity index (χ3n) is 11.9. The second kappa shape index (κ2) is 16.1. The molecule has 0 aliphatic carbocycles. The predicted octanol–water partition coefficient (Wildman–Crippen LogP) is 15.1. The van der Waals surface area contributed by atoms with E-state index in [9.17, 15) is 5.26 Å². The van der Waals surface area contributed by atoms with E-state index in [-0.39, 0.29) is 0 Å². The first-order valence-electron chi connectivity index (χ1n) is 21.1. The third-order valence-corrected chi connectivity index (χ3v) is 11.9. The molecule has 0 unspecified atom stereocenters. The van der Waals surface area contributed by atoms with Crippen molar-refractivity contribution in [3.63, 3.8) is 0 Å². The number of fused-ring (bicyclic) bond motifs is 3. The van der Waals surface area contributed by atoms with Gasteiger partial charge in [-0.05, 0) is 75.3 Å². The quantitative estimate of drug-likeness (QED) is 0.154. The van der Waals surface area contributed by atoms with Gasteiger partial charge in [-0.1, -0.05) is 194 Å². The Labute approximate surface area is 366 Å². The normalized spacial score (nSPS) is 11.2. The van der Waals surface area contributed by atoms with E-state index >= 15 is 0 Å². The first-order valence-corrected chi connectivity index (χ1v) is 21.1. The number of hydrogen-bond donors (Lipinski definition) is 0. The molecule has 0 saturated carbocycles. The van der Waals surface area contributed by atoms with Crippen LogP contribution in [0.3, 0.4) is 0 Å². The minimum absolute atomic E-state index is 0.436. The second-order valence-corrected chi connectivity index (χ2v) is 15.6. The number of nitriles is 1. The summed E-state index contributed by atoms with van der Waals surface area (Å²) in [7, 11) is 0. The maximum atomic E-state index is 10.8. The summed E-state index contributed by atoms with van der Waals surface area (Å²) in [6, 6.07) is 83.0. The van der Waals surface area contributed by atoms with Crippen molar-refractivity contribution >= 4 is 21.8 Å². The molecule has 11 aromatic rings. The van der Waals surface area contributed by atoms with Crippen LogP contribution in [0.5, 0.6) is 0 Å². The summed E-state index contributed by atoms with van der Waals surface area (Å²) in [5.74, 6) is 0.531. The average molecular weight is 803 g/mol. The van der Waals surface area contributed by atoms with Crippen LogP contribution in [-0.4, -0.2) is 14.5 Å². The van der Waals surface area contributed by atoms with Crippen molar-refractivity contribution in [1.82, 2.24) is 14.5 Å². The van der Waals surface area contributed by atoms with Crippen LogP contribution in [0, 0.1) is 11.3 Å². The predicted molar refractivity (Wildman–Crippen MR) is 259 cm³/mol. The van der Waals surface area contributed by atoms with E-state index < -0.39 is 0 Å². The van der Waals surface area contributed by atoms with E-state index in [2.05, 4.69) is 180 Å². The highest BCUT2D eigenvalue weighted by atomic mass is 15.0. The van der Waals surface area contributed by atoms with Crippen LogP contribution in [0.1, 0.15) is 5.56 Å². The first kappa shape index (κ1) is 37.4. The van der Waals surface area contributed by atoms with Crippen molar-refractivity contribution in [2.75, 3.05) is 0 Å². The van der Waals surface area contributed by atoms with Crippen LogP contribution in [-0.2, 0) is 0 Å². The first-order chi connectivity index (χ1) is 31.2. The molecule has 2 aromatic heterocycles. The van der Waals surface area contributed by atoms with Gasteiger partial charge < -0.3 is 4.57 Å². The summed E-state index contributed by atoms with van der Waals surface area (Å²) in [6.07, 6.45) is 0. The van der Waals surface area contributed by atoms with Crippen molar-refractivity contribution in [1.29, 1.82) is 5.26 Å². The summed E-state index contributed by atoms with van der Waals surface area (Å²) in [5, 5.41) is 13.1. The number of rotatable bonds is 8. The monoisotopic (exact) mass is 802 g/mol. The van der Waals surface area contributed by atoms with Crippen molar-refractivity contribution < 1.29 is 0 Å². The van der Waals surface area contributed by atoms with Gasteiger partial charge in [-0.2, -0.15) is 5.26 Å². The maximum Gasteiger partial charge on any atom is 0.160 e. The molecule has 0 aliphatic rings. The Hall–Kier alpha value is -8.65. The fraction of sp³-hybridized carbons (Fsp3) is 0. The average Bonchev–Trinajstić information content (AvgIpc) is 3.70. The fourth-order valence-corrected chi connectivity index (χ4v) is 8.89. The van der Waals surface area contributed by atoms with Crippen molar-refractivity contribution in [2.24, 2.45) is 0 Å². The zero-order valence-corrected chi connectivity index (χ0v) is 34.2. The van der Waals surface area contributed by atoms with E-state index in [4.69, 9.17) is 9.97 Å². The maximum absolute atomic E-state index is 10.8. The van der Waals surface area contributed by atoms with E-state index in [1.807, 2.05) is 60.7 Å². The zero-order chi connectivity index (χ0) is 42.1. The molecule has 294 valence electrons. The highest BCUT2D eigenvalue weighted by molar-refractivity contribution is 6.12. The lowest BCUT2D eigenvalue weighted by Gasteiger charge is -2.21. The van der Waals surface area contributed by atoms with Gasteiger partial charge in [-0.3, -0.25) is 0 Å². The van der Waals surface area contributed by atoms with Gasteiger partial charge >= 0.3 is 0 Å². The van der Waals surface area contributed by atoms with E-state index in [1.54, 1.807) is 0 Å². The lowest BCUT2D eigenvalue weighted by molar-refractivity contribution is 1.15. The van der Waals surface area contributed by atoms with Gasteiger partial charge in [0.05, 0.1) is 28.1 Å². The van der Waals surface area contributed by atoms with Crippen molar-refractivity contribution in [2.45, 2.75) is 0 Å². The molecule has 0 saturated heterocycles. The van der Waals surface area contributed by atoms with Gasteiger partial charge in [-0.15, -0.1) is 0 Å². The molecule has 9 aromatic carbocycles. The van der Waals surface area contributed by atoms with Gasteiger partial charge in [0.1, 0.15) is 11.6 Å². The Kier molecular flexibility index (Phi) is 9.54. The van der Waals surface area contributed by atoms with E-state index in [0.29, 0.717) is 22.8 Å². The number of aromatic nitrogens is 3.